The van der Waals surface area contributed by atoms with Crippen LogP contribution in [-0.2, 0) is 71.6 Å². The Kier molecular flexibility index (Phi) is 32.5. The lowest BCUT2D eigenvalue weighted by Crippen LogP contribution is -2.48. The zero-order valence-electron chi connectivity index (χ0n) is 76.6. The van der Waals surface area contributed by atoms with Crippen LogP contribution in [0, 0.1) is 27.7 Å². The molecule has 20 heteroatoms. The maximum Gasteiger partial charge on any atom is 0.514 e. The summed E-state index contributed by atoms with van der Waals surface area (Å²) in [7, 11) is -3.85. The highest BCUT2D eigenvalue weighted by atomic mass is 127. The molecule has 14 rings (SSSR count). The zero-order valence-corrected chi connectivity index (χ0v) is 85.8. The molecule has 2 aliphatic heterocycles. The van der Waals surface area contributed by atoms with Gasteiger partial charge in [-0.25, -0.2) is 9.59 Å². The van der Waals surface area contributed by atoms with Crippen LogP contribution in [0.1, 0.15) is 214 Å². The summed E-state index contributed by atoms with van der Waals surface area (Å²) in [5.41, 5.74) is 11.3. The Labute approximate surface area is 798 Å². The number of hydrogen-bond donors (Lipinski definition) is 0. The summed E-state index contributed by atoms with van der Waals surface area (Å²) in [4.78, 5) is 26.4. The smallest absolute Gasteiger partial charge is 0.444 e. The topological polar surface area (TPSA) is 126 Å². The monoisotopic (exact) mass is 2040 g/mol. The number of carbonyl (C=O) groups is 2. The summed E-state index contributed by atoms with van der Waals surface area (Å²) < 4.78 is 66.7. The number of alkyl halides is 2. The van der Waals surface area contributed by atoms with Crippen molar-refractivity contribution in [2.45, 2.75) is 208 Å². The van der Waals surface area contributed by atoms with Crippen molar-refractivity contribution in [3.05, 3.63) is 380 Å². The van der Waals surface area contributed by atoms with Crippen molar-refractivity contribution in [1.29, 1.82) is 0 Å². The number of hydrogen-bond acceptors (Lipinski definition) is 12. The second kappa shape index (κ2) is 41.4. The molecule has 0 aliphatic carbocycles. The number of benzene rings is 12. The van der Waals surface area contributed by atoms with Gasteiger partial charge in [0.1, 0.15) is 34.2 Å². The molecule has 0 bridgehead atoms. The van der Waals surface area contributed by atoms with Gasteiger partial charge in [-0.2, -0.15) is 0 Å². The summed E-state index contributed by atoms with van der Waals surface area (Å²) in [6.45, 7) is 42.8. The first kappa shape index (κ1) is 99.8. The molecule has 0 N–H and O–H groups in total. The van der Waals surface area contributed by atoms with Crippen molar-refractivity contribution in [2.24, 2.45) is 0 Å². The fourth-order valence-corrected chi connectivity index (χ4v) is 20.4. The first-order valence-electron chi connectivity index (χ1n) is 42.3. The van der Waals surface area contributed by atoms with Gasteiger partial charge < -0.3 is 37.0 Å². The van der Waals surface area contributed by atoms with Crippen molar-refractivity contribution in [3.8, 4) is 45.3 Å². The van der Waals surface area contributed by atoms with Crippen molar-refractivity contribution < 1.29 is 55.7 Å². The van der Waals surface area contributed by atoms with Crippen LogP contribution in [0.3, 0.4) is 0 Å². The van der Waals surface area contributed by atoms with Crippen LogP contribution in [0.15, 0.2) is 291 Å². The second-order valence-corrected chi connectivity index (χ2v) is 47.8. The maximum absolute atomic E-state index is 13.6. The first-order valence-corrected chi connectivity index (χ1v) is 51.6. The lowest BCUT2D eigenvalue weighted by molar-refractivity contribution is 0.00370. The van der Waals surface area contributed by atoms with Gasteiger partial charge in [-0.1, -0.05) is 395 Å². The molecule has 12 nitrogen and oxygen atoms in total. The summed E-state index contributed by atoms with van der Waals surface area (Å²) in [5, 5.41) is 0. The molecule has 0 amide bonds. The number of ether oxygens (including phenoxy) is 4. The third-order valence-electron chi connectivity index (χ3n) is 21.5. The van der Waals surface area contributed by atoms with E-state index in [4.69, 9.17) is 79.8 Å². The highest BCUT2D eigenvalue weighted by molar-refractivity contribution is 14.2. The van der Waals surface area contributed by atoms with E-state index in [0.29, 0.717) is 28.6 Å². The van der Waals surface area contributed by atoms with Crippen LogP contribution in [-0.4, -0.2) is 25.9 Å². The van der Waals surface area contributed by atoms with E-state index in [1.165, 1.54) is 2.43 Å². The third-order valence-corrected chi connectivity index (χ3v) is 24.7. The number of rotatable bonds is 16. The summed E-state index contributed by atoms with van der Waals surface area (Å²) in [5.74, 6) is 2.04. The Hall–Kier alpha value is -7.76. The quantitative estimate of drug-likeness (QED) is 0.0300. The minimum Gasteiger partial charge on any atom is -0.444 e. The highest BCUT2D eigenvalue weighted by Gasteiger charge is 2.68. The molecular formula is C107H116Cl3I2O12P3. The van der Waals surface area contributed by atoms with E-state index in [1.807, 2.05) is 198 Å². The van der Waals surface area contributed by atoms with Crippen LogP contribution in [0.25, 0.3) is 22.3 Å². The molecule has 12 aromatic carbocycles. The average Bonchev–Trinajstić information content (AvgIpc) is 1.54. The van der Waals surface area contributed by atoms with E-state index in [9.17, 15) is 9.59 Å². The molecule has 0 saturated carbocycles. The molecule has 0 radical (unpaired) electrons. The third kappa shape index (κ3) is 22.9. The fraction of sp³-hybridized carbons (Fsp3) is 0.308. The Balaban J connectivity index is 0.000000197. The lowest BCUT2D eigenvalue weighted by Gasteiger charge is -2.44. The van der Waals surface area contributed by atoms with Gasteiger partial charge >= 0.3 is 20.9 Å². The van der Waals surface area contributed by atoms with Gasteiger partial charge in [-0.05, 0) is 216 Å². The van der Waals surface area contributed by atoms with Crippen molar-refractivity contribution in [2.75, 3.05) is 2.43 Å². The predicted octanol–water partition coefficient (Wildman–Crippen LogP) is 33.6. The second-order valence-electron chi connectivity index (χ2n) is 37.8. The van der Waals surface area contributed by atoms with Crippen LogP contribution in [0.4, 0.5) is 9.59 Å². The van der Waals surface area contributed by atoms with Gasteiger partial charge in [0.15, 0.2) is 22.4 Å². The molecule has 12 aromatic rings. The predicted molar refractivity (Wildman–Crippen MR) is 543 cm³/mol. The van der Waals surface area contributed by atoms with Gasteiger partial charge in [0, 0.05) is 44.5 Å². The van der Waals surface area contributed by atoms with E-state index < -0.39 is 74.5 Å². The average molecular weight is 2050 g/mol. The molecule has 2 heterocycles. The number of carbonyl (C=O) groups excluding carboxylic acids is 2. The normalized spacial score (nSPS) is 15.0. The number of aryl methyl sites for hydroxylation is 4. The molecule has 2 aliphatic rings. The van der Waals surface area contributed by atoms with E-state index in [-0.39, 0.29) is 16.2 Å². The van der Waals surface area contributed by atoms with Crippen molar-refractivity contribution in [1.82, 2.24) is 0 Å². The summed E-state index contributed by atoms with van der Waals surface area (Å²) >= 11 is 23.6. The van der Waals surface area contributed by atoms with Crippen LogP contribution in [0.5, 0.6) is 23.0 Å². The minimum absolute atomic E-state index is 0.238. The molecule has 2 fully saturated rings. The molecule has 0 atom stereocenters. The van der Waals surface area contributed by atoms with E-state index in [0.717, 1.165) is 106 Å². The van der Waals surface area contributed by atoms with Crippen LogP contribution >= 0.6 is 102 Å². The van der Waals surface area contributed by atoms with Gasteiger partial charge in [0.25, 0.3) is 14.6 Å². The van der Waals surface area contributed by atoms with E-state index >= 15 is 0 Å². The molecule has 127 heavy (non-hydrogen) atoms. The summed E-state index contributed by atoms with van der Waals surface area (Å²) in [6, 6.07) is 98.7. The minimum atomic E-state index is -2.19. The molecule has 2 saturated heterocycles. The van der Waals surface area contributed by atoms with Crippen LogP contribution in [0.2, 0.25) is 0 Å². The van der Waals surface area contributed by atoms with Gasteiger partial charge in [-0.3, -0.25) is 9.05 Å². The molecule has 0 unspecified atom stereocenters. The highest BCUT2D eigenvalue weighted by Crippen LogP contribution is 2.74. The molecule has 0 spiro atoms. The van der Waals surface area contributed by atoms with Crippen molar-refractivity contribution in [3.63, 3.8) is 0 Å². The molecule has 666 valence electrons. The Morgan fingerprint density at radius 3 is 0.732 bits per heavy atom. The fourth-order valence-electron chi connectivity index (χ4n) is 16.3. The number of halogens is 5. The standard InChI is InChI=1S/C53H57O6P.C27H37Cl2O4P.C26H20ClO2P.CH2I2/c1-36-32-42(46(44(34-36)49(3,4)5)55-48(54)56-51(9,10)11)43-33-37(2)35-45(50(6,7)8)47(43)57-60-58-52(38-24-16-12-17-25-38,39-26-18-13-19-27-39)53(59-60,40-28-20-14-21-29-40)41-30-22-15-23-31-41;1-16-12-18(19-13-17(2)15-21(26(6,7)8)23(19)33-34(28)29)22(20(14-16)25(3,4)5)31-24(30)32-27(9,10)11;27-30-28-25(21-13-5-1-6-14-21,22-15-7-2-8-16-22)26(29-30,23-17-9-3-10-18-23)24-19-11-4-12-20-24;2-1-3/h12-35H,1-11H3;12-15H,1-11H3;1-20H;1H2. The van der Waals surface area contributed by atoms with Gasteiger partial charge in [0.05, 0.1) is 2.43 Å². The van der Waals surface area contributed by atoms with Crippen molar-refractivity contribution >= 4 is 114 Å². The van der Waals surface area contributed by atoms with Gasteiger partial charge in [-0.15, -0.1) is 0 Å². The molecular weight excluding hydrogens is 1930 g/mol. The Morgan fingerprint density at radius 1 is 0.323 bits per heavy atom. The van der Waals surface area contributed by atoms with E-state index in [2.05, 4.69) is 270 Å². The molecule has 0 aromatic heterocycles. The Morgan fingerprint density at radius 2 is 0.520 bits per heavy atom. The zero-order chi connectivity index (χ0) is 92.5. The lowest BCUT2D eigenvalue weighted by atomic mass is 9.66. The van der Waals surface area contributed by atoms with Crippen LogP contribution < -0.4 is 18.5 Å². The first-order chi connectivity index (χ1) is 59.8. The SMILES string of the molecule is Cc1cc(-c2cc(C)cc(C(C)(C)C)c2OP(Cl)Cl)c(OC(=O)OC(C)(C)C)c(C(C)(C)C)c1.Cc1cc(-c2cc(C)cc(C(C)(C)C)c2OP2OC(c3ccccc3)(c3ccccc3)C(c3ccccc3)(c3ccccc3)O2)c(OC(=O)OC(C)(C)C)c(C(C)(C)C)c1.ClP1OC(c2ccccc2)(c2ccccc2)C(c2ccccc2)(c2ccccc2)O1.ICI. The maximum atomic E-state index is 13.6. The van der Waals surface area contributed by atoms with Gasteiger partial charge in [0.2, 0.25) is 0 Å². The van der Waals surface area contributed by atoms with E-state index in [1.54, 1.807) is 20.8 Å². The Bertz CT molecular complexity index is 5360. The summed E-state index contributed by atoms with van der Waals surface area (Å²) in [6.07, 6.45) is -1.53. The largest absolute Gasteiger partial charge is 0.514 e.